The van der Waals surface area contributed by atoms with Crippen LogP contribution in [0.25, 0.3) is 6.08 Å². The molecule has 1 heterocycles. The van der Waals surface area contributed by atoms with Gasteiger partial charge in [-0.2, -0.15) is 0 Å². The maximum atomic E-state index is 4.38. The number of benzene rings is 1. The first-order valence-corrected chi connectivity index (χ1v) is 6.08. The highest BCUT2D eigenvalue weighted by molar-refractivity contribution is 5.52. The number of likely N-dealkylation sites (N-methyl/N-ethyl adjacent to an activating group) is 1. The number of nitrogens with zero attached hydrogens (tertiary/aromatic N) is 2. The van der Waals surface area contributed by atoms with E-state index in [0.717, 1.165) is 12.1 Å². The molecule has 0 N–H and O–H groups in total. The van der Waals surface area contributed by atoms with Gasteiger partial charge in [0.2, 0.25) is 0 Å². The van der Waals surface area contributed by atoms with Crippen molar-refractivity contribution in [2.24, 2.45) is 0 Å². The van der Waals surface area contributed by atoms with Crippen LogP contribution in [-0.4, -0.2) is 24.0 Å². The van der Waals surface area contributed by atoms with E-state index in [0.29, 0.717) is 0 Å². The monoisotopic (exact) mass is 238 g/mol. The molecule has 1 aromatic carbocycles. The summed E-state index contributed by atoms with van der Waals surface area (Å²) in [7, 11) is 4.13. The van der Waals surface area contributed by atoms with Gasteiger partial charge in [-0.3, -0.25) is 4.98 Å². The molecule has 2 aromatic rings. The van der Waals surface area contributed by atoms with Crippen LogP contribution in [0, 0.1) is 0 Å². The molecule has 0 fully saturated rings. The van der Waals surface area contributed by atoms with Crippen molar-refractivity contribution in [3.63, 3.8) is 0 Å². The lowest BCUT2D eigenvalue weighted by Crippen LogP contribution is -2.13. The van der Waals surface area contributed by atoms with Gasteiger partial charge in [0.15, 0.2) is 0 Å². The molecule has 0 aliphatic carbocycles. The van der Waals surface area contributed by atoms with E-state index in [-0.39, 0.29) is 0 Å². The minimum Gasteiger partial charge on any atom is -0.381 e. The summed E-state index contributed by atoms with van der Waals surface area (Å²) in [5.41, 5.74) is 3.56. The van der Waals surface area contributed by atoms with Crippen molar-refractivity contribution in [3.8, 4) is 0 Å². The highest BCUT2D eigenvalue weighted by atomic mass is 15.1. The fraction of sp³-hybridized carbons (Fsp3) is 0.188. The molecule has 92 valence electrons. The Morgan fingerprint density at radius 1 is 1.06 bits per heavy atom. The number of allylic oxidation sites excluding steroid dienone is 1. The number of pyridine rings is 1. The van der Waals surface area contributed by atoms with E-state index in [2.05, 4.69) is 60.4 Å². The van der Waals surface area contributed by atoms with Gasteiger partial charge in [0.05, 0.1) is 0 Å². The lowest BCUT2D eigenvalue weighted by Gasteiger charge is -2.17. The average Bonchev–Trinajstić information content (AvgIpc) is 2.40. The van der Waals surface area contributed by atoms with Crippen LogP contribution < -0.4 is 0 Å². The van der Waals surface area contributed by atoms with Crippen LogP contribution in [-0.2, 0) is 6.42 Å². The van der Waals surface area contributed by atoms with Crippen molar-refractivity contribution in [1.82, 2.24) is 9.88 Å². The molecular weight excluding hydrogens is 220 g/mol. The first-order valence-electron chi connectivity index (χ1n) is 6.08. The van der Waals surface area contributed by atoms with Crippen LogP contribution in [0.1, 0.15) is 11.3 Å². The molecule has 0 amide bonds. The Labute approximate surface area is 109 Å². The molecule has 2 rings (SSSR count). The van der Waals surface area contributed by atoms with E-state index < -0.39 is 0 Å². The van der Waals surface area contributed by atoms with Gasteiger partial charge in [0.1, 0.15) is 0 Å². The Morgan fingerprint density at radius 2 is 1.78 bits per heavy atom. The summed E-state index contributed by atoms with van der Waals surface area (Å²) in [5, 5.41) is 0. The standard InChI is InChI=1S/C16H18N2/c1-18(2)16(12-14-8-4-3-5-9-14)13-15-10-6-7-11-17-15/h3-12H,13H2,1-2H3. The summed E-state index contributed by atoms with van der Waals surface area (Å²) in [6, 6.07) is 16.4. The Kier molecular flexibility index (Phi) is 4.13. The highest BCUT2D eigenvalue weighted by Crippen LogP contribution is 2.12. The summed E-state index contributed by atoms with van der Waals surface area (Å²) < 4.78 is 0. The second-order valence-electron chi connectivity index (χ2n) is 4.44. The molecule has 0 saturated carbocycles. The number of hydrogen-bond acceptors (Lipinski definition) is 2. The predicted octanol–water partition coefficient (Wildman–Crippen LogP) is 3.23. The van der Waals surface area contributed by atoms with Gasteiger partial charge in [-0.25, -0.2) is 0 Å². The second-order valence-corrected chi connectivity index (χ2v) is 4.44. The zero-order chi connectivity index (χ0) is 12.8. The van der Waals surface area contributed by atoms with Crippen LogP contribution in [0.15, 0.2) is 60.4 Å². The molecule has 2 nitrogen and oxygen atoms in total. The summed E-state index contributed by atoms with van der Waals surface area (Å²) in [6.07, 6.45) is 4.89. The first-order chi connectivity index (χ1) is 8.75. The molecule has 0 radical (unpaired) electrons. The van der Waals surface area contributed by atoms with Crippen LogP contribution in [0.2, 0.25) is 0 Å². The van der Waals surface area contributed by atoms with Gasteiger partial charge in [0.25, 0.3) is 0 Å². The van der Waals surface area contributed by atoms with E-state index in [4.69, 9.17) is 0 Å². The van der Waals surface area contributed by atoms with Crippen LogP contribution in [0.3, 0.4) is 0 Å². The molecule has 0 saturated heterocycles. The van der Waals surface area contributed by atoms with E-state index in [1.807, 2.05) is 24.4 Å². The molecule has 0 spiro atoms. The topological polar surface area (TPSA) is 16.1 Å². The summed E-state index contributed by atoms with van der Waals surface area (Å²) in [4.78, 5) is 6.52. The van der Waals surface area contributed by atoms with Crippen molar-refractivity contribution in [2.45, 2.75) is 6.42 Å². The summed E-state index contributed by atoms with van der Waals surface area (Å²) in [5.74, 6) is 0. The van der Waals surface area contributed by atoms with E-state index in [1.165, 1.54) is 11.3 Å². The molecule has 0 atom stereocenters. The van der Waals surface area contributed by atoms with Crippen molar-refractivity contribution in [1.29, 1.82) is 0 Å². The average molecular weight is 238 g/mol. The Hall–Kier alpha value is -2.09. The van der Waals surface area contributed by atoms with E-state index in [9.17, 15) is 0 Å². The van der Waals surface area contributed by atoms with Gasteiger partial charge in [-0.15, -0.1) is 0 Å². The minimum atomic E-state index is 0.850. The summed E-state index contributed by atoms with van der Waals surface area (Å²) >= 11 is 0. The fourth-order valence-electron chi connectivity index (χ4n) is 1.77. The molecule has 1 aromatic heterocycles. The second kappa shape index (κ2) is 6.01. The van der Waals surface area contributed by atoms with Crippen LogP contribution in [0.4, 0.5) is 0 Å². The lowest BCUT2D eigenvalue weighted by molar-refractivity contribution is 0.501. The lowest BCUT2D eigenvalue weighted by atomic mass is 10.1. The Balaban J connectivity index is 2.22. The Morgan fingerprint density at radius 3 is 2.39 bits per heavy atom. The fourth-order valence-corrected chi connectivity index (χ4v) is 1.77. The summed E-state index contributed by atoms with van der Waals surface area (Å²) in [6.45, 7) is 0. The van der Waals surface area contributed by atoms with Crippen LogP contribution in [0.5, 0.6) is 0 Å². The number of hydrogen-bond donors (Lipinski definition) is 0. The van der Waals surface area contributed by atoms with Crippen molar-refractivity contribution in [2.75, 3.05) is 14.1 Å². The number of rotatable bonds is 4. The SMILES string of the molecule is CN(C)C(=Cc1ccccc1)Cc1ccccn1. The van der Waals surface area contributed by atoms with Crippen molar-refractivity contribution >= 4 is 6.08 Å². The third-order valence-corrected chi connectivity index (χ3v) is 2.80. The zero-order valence-corrected chi connectivity index (χ0v) is 10.9. The predicted molar refractivity (Wildman–Crippen MR) is 76.0 cm³/mol. The van der Waals surface area contributed by atoms with Gasteiger partial charge in [-0.1, -0.05) is 36.4 Å². The van der Waals surface area contributed by atoms with Crippen molar-refractivity contribution in [3.05, 3.63) is 71.7 Å². The van der Waals surface area contributed by atoms with E-state index in [1.54, 1.807) is 0 Å². The van der Waals surface area contributed by atoms with Gasteiger partial charge >= 0.3 is 0 Å². The van der Waals surface area contributed by atoms with Gasteiger partial charge in [-0.05, 0) is 23.8 Å². The molecule has 0 bridgehead atoms. The van der Waals surface area contributed by atoms with Crippen LogP contribution >= 0.6 is 0 Å². The molecule has 2 heteroatoms. The minimum absolute atomic E-state index is 0.850. The largest absolute Gasteiger partial charge is 0.381 e. The van der Waals surface area contributed by atoms with Crippen molar-refractivity contribution < 1.29 is 0 Å². The Bertz CT molecular complexity index is 501. The third-order valence-electron chi connectivity index (χ3n) is 2.80. The van der Waals surface area contributed by atoms with E-state index >= 15 is 0 Å². The maximum absolute atomic E-state index is 4.38. The van der Waals surface area contributed by atoms with Gasteiger partial charge in [0, 0.05) is 38.1 Å². The first kappa shape index (κ1) is 12.4. The number of aromatic nitrogens is 1. The molecular formula is C16H18N2. The smallest absolute Gasteiger partial charge is 0.0462 e. The molecule has 0 aliphatic heterocycles. The normalized spacial score (nSPS) is 11.3. The maximum Gasteiger partial charge on any atom is 0.0462 e. The molecule has 18 heavy (non-hydrogen) atoms. The zero-order valence-electron chi connectivity index (χ0n) is 10.9. The highest BCUT2D eigenvalue weighted by Gasteiger charge is 2.03. The molecule has 0 aliphatic rings. The molecule has 0 unspecified atom stereocenters. The quantitative estimate of drug-likeness (QED) is 0.813. The van der Waals surface area contributed by atoms with Gasteiger partial charge < -0.3 is 4.90 Å². The third kappa shape index (κ3) is 3.45.